The fourth-order valence-corrected chi connectivity index (χ4v) is 4.00. The van der Waals surface area contributed by atoms with Crippen molar-refractivity contribution in [2.75, 3.05) is 32.8 Å². The minimum atomic E-state index is 0.144. The van der Waals surface area contributed by atoms with Crippen molar-refractivity contribution in [3.63, 3.8) is 0 Å². The summed E-state index contributed by atoms with van der Waals surface area (Å²) in [5.74, 6) is 1.01. The average Bonchev–Trinajstić information content (AvgIpc) is 3.15. The van der Waals surface area contributed by atoms with Gasteiger partial charge in [0.15, 0.2) is 0 Å². The number of amides is 1. The number of rotatable bonds is 2. The minimum Gasteiger partial charge on any atom is -0.488 e. The maximum Gasteiger partial charge on any atom is 0.253 e. The summed E-state index contributed by atoms with van der Waals surface area (Å²) >= 11 is 0. The van der Waals surface area contributed by atoms with Crippen LogP contribution < -0.4 is 4.74 Å². The highest BCUT2D eigenvalue weighted by Crippen LogP contribution is 2.27. The van der Waals surface area contributed by atoms with Crippen LogP contribution in [-0.2, 0) is 4.79 Å². The van der Waals surface area contributed by atoms with E-state index >= 15 is 0 Å². The maximum atomic E-state index is 12.8. The molecule has 1 aromatic rings. The van der Waals surface area contributed by atoms with Crippen molar-refractivity contribution in [3.05, 3.63) is 35.4 Å². The lowest BCUT2D eigenvalue weighted by Crippen LogP contribution is -2.52. The van der Waals surface area contributed by atoms with Crippen molar-refractivity contribution in [1.29, 1.82) is 0 Å². The lowest BCUT2D eigenvalue weighted by atomic mass is 10.1. The average molecular weight is 312 g/mol. The first-order valence-corrected chi connectivity index (χ1v) is 8.77. The molecule has 0 N–H and O–H groups in total. The van der Waals surface area contributed by atoms with Gasteiger partial charge in [0.1, 0.15) is 12.4 Å². The highest BCUT2D eigenvalue weighted by atomic mass is 16.5. The Hall–Kier alpha value is -1.81. The number of benzene rings is 1. The summed E-state index contributed by atoms with van der Waals surface area (Å²) in [5.41, 5.74) is 1.78. The normalized spacial score (nSPS) is 22.4. The Morgan fingerprint density at radius 1 is 1.04 bits per heavy atom. The zero-order valence-electron chi connectivity index (χ0n) is 13.5. The Morgan fingerprint density at radius 3 is 2.57 bits per heavy atom. The SMILES string of the molecule is O=C(C1=Cc2ccccc2OC1)N1CCN(C2CCCC2)CC1. The Morgan fingerprint density at radius 2 is 1.78 bits per heavy atom. The molecule has 0 bridgehead atoms. The third-order valence-electron chi connectivity index (χ3n) is 5.35. The lowest BCUT2D eigenvalue weighted by molar-refractivity contribution is -0.129. The first kappa shape index (κ1) is 14.8. The molecule has 2 aliphatic heterocycles. The van der Waals surface area contributed by atoms with Crippen LogP contribution in [0.5, 0.6) is 5.75 Å². The van der Waals surface area contributed by atoms with Crippen LogP contribution in [0.4, 0.5) is 0 Å². The molecule has 0 radical (unpaired) electrons. The number of fused-ring (bicyclic) bond motifs is 1. The predicted octanol–water partition coefficient (Wildman–Crippen LogP) is 2.55. The Balaban J connectivity index is 1.40. The molecule has 2 fully saturated rings. The van der Waals surface area contributed by atoms with E-state index in [4.69, 9.17) is 4.74 Å². The van der Waals surface area contributed by atoms with Gasteiger partial charge in [0, 0.05) is 37.8 Å². The van der Waals surface area contributed by atoms with E-state index in [1.165, 1.54) is 25.7 Å². The molecule has 4 nitrogen and oxygen atoms in total. The van der Waals surface area contributed by atoms with Gasteiger partial charge >= 0.3 is 0 Å². The largest absolute Gasteiger partial charge is 0.488 e. The summed E-state index contributed by atoms with van der Waals surface area (Å²) in [6.45, 7) is 4.10. The van der Waals surface area contributed by atoms with Crippen molar-refractivity contribution in [1.82, 2.24) is 9.80 Å². The van der Waals surface area contributed by atoms with Gasteiger partial charge < -0.3 is 9.64 Å². The molecule has 1 saturated carbocycles. The number of piperazine rings is 1. The molecule has 0 spiro atoms. The van der Waals surface area contributed by atoms with E-state index < -0.39 is 0 Å². The number of carbonyl (C=O) groups excluding carboxylic acids is 1. The highest BCUT2D eigenvalue weighted by Gasteiger charge is 2.29. The lowest BCUT2D eigenvalue weighted by Gasteiger charge is -2.38. The molecule has 0 atom stereocenters. The van der Waals surface area contributed by atoms with E-state index in [9.17, 15) is 4.79 Å². The first-order valence-electron chi connectivity index (χ1n) is 8.77. The topological polar surface area (TPSA) is 32.8 Å². The van der Waals surface area contributed by atoms with Gasteiger partial charge in [0.25, 0.3) is 5.91 Å². The Bertz CT molecular complexity index is 612. The van der Waals surface area contributed by atoms with E-state index in [1.807, 2.05) is 35.2 Å². The standard InChI is InChI=1S/C19H24N2O2/c22-19(16-13-15-5-1-4-8-18(15)23-14-16)21-11-9-20(10-12-21)17-6-2-3-7-17/h1,4-5,8,13,17H,2-3,6-7,9-12,14H2. The second-order valence-corrected chi connectivity index (χ2v) is 6.76. The second-order valence-electron chi connectivity index (χ2n) is 6.76. The third kappa shape index (κ3) is 3.00. The van der Waals surface area contributed by atoms with Gasteiger partial charge in [-0.1, -0.05) is 31.0 Å². The number of hydrogen-bond donors (Lipinski definition) is 0. The molecule has 1 saturated heterocycles. The van der Waals surface area contributed by atoms with E-state index in [0.717, 1.165) is 49.1 Å². The molecule has 4 rings (SSSR count). The number of para-hydroxylation sites is 1. The monoisotopic (exact) mass is 312 g/mol. The van der Waals surface area contributed by atoms with E-state index in [0.29, 0.717) is 6.61 Å². The maximum absolute atomic E-state index is 12.8. The highest BCUT2D eigenvalue weighted by molar-refractivity contribution is 5.99. The third-order valence-corrected chi connectivity index (χ3v) is 5.35. The van der Waals surface area contributed by atoms with E-state index in [-0.39, 0.29) is 5.91 Å². The summed E-state index contributed by atoms with van der Waals surface area (Å²) < 4.78 is 5.72. The molecule has 0 unspecified atom stereocenters. The van der Waals surface area contributed by atoms with E-state index in [1.54, 1.807) is 0 Å². The van der Waals surface area contributed by atoms with Gasteiger partial charge in [0.05, 0.1) is 5.57 Å². The minimum absolute atomic E-state index is 0.144. The van der Waals surface area contributed by atoms with Crippen molar-refractivity contribution >= 4 is 12.0 Å². The molecule has 3 aliphatic rings. The molecule has 4 heteroatoms. The van der Waals surface area contributed by atoms with Gasteiger partial charge in [0.2, 0.25) is 0 Å². The van der Waals surface area contributed by atoms with Crippen LogP contribution in [0, 0.1) is 0 Å². The summed E-state index contributed by atoms with van der Waals surface area (Å²) in [6.07, 6.45) is 7.40. The van der Waals surface area contributed by atoms with Gasteiger partial charge in [-0.2, -0.15) is 0 Å². The van der Waals surface area contributed by atoms with Crippen LogP contribution in [0.2, 0.25) is 0 Å². The predicted molar refractivity (Wildman–Crippen MR) is 90.3 cm³/mol. The van der Waals surface area contributed by atoms with Crippen LogP contribution in [0.15, 0.2) is 29.8 Å². The van der Waals surface area contributed by atoms with Gasteiger partial charge in [-0.15, -0.1) is 0 Å². The smallest absolute Gasteiger partial charge is 0.253 e. The summed E-state index contributed by atoms with van der Waals surface area (Å²) in [6, 6.07) is 8.65. The van der Waals surface area contributed by atoms with Gasteiger partial charge in [-0.3, -0.25) is 9.69 Å². The van der Waals surface area contributed by atoms with Gasteiger partial charge in [-0.05, 0) is 25.0 Å². The zero-order chi connectivity index (χ0) is 15.6. The molecule has 2 heterocycles. The zero-order valence-corrected chi connectivity index (χ0v) is 13.5. The van der Waals surface area contributed by atoms with Crippen molar-refractivity contribution in [2.24, 2.45) is 0 Å². The molecule has 1 amide bonds. The molecular formula is C19H24N2O2. The van der Waals surface area contributed by atoms with Crippen molar-refractivity contribution in [2.45, 2.75) is 31.7 Å². The fraction of sp³-hybridized carbons (Fsp3) is 0.526. The molecule has 1 aliphatic carbocycles. The van der Waals surface area contributed by atoms with Crippen molar-refractivity contribution in [3.8, 4) is 5.75 Å². The summed E-state index contributed by atoms with van der Waals surface area (Å²) in [4.78, 5) is 17.3. The van der Waals surface area contributed by atoms with Crippen LogP contribution in [0.25, 0.3) is 6.08 Å². The number of carbonyl (C=O) groups is 1. The Labute approximate surface area is 137 Å². The number of hydrogen-bond acceptors (Lipinski definition) is 3. The molecule has 122 valence electrons. The van der Waals surface area contributed by atoms with Crippen LogP contribution in [-0.4, -0.2) is 54.5 Å². The molecule has 0 aromatic heterocycles. The summed E-state index contributed by atoms with van der Waals surface area (Å²) in [7, 11) is 0. The summed E-state index contributed by atoms with van der Waals surface area (Å²) in [5, 5.41) is 0. The van der Waals surface area contributed by atoms with E-state index in [2.05, 4.69) is 4.90 Å². The van der Waals surface area contributed by atoms with Crippen LogP contribution in [0.3, 0.4) is 0 Å². The molecule has 23 heavy (non-hydrogen) atoms. The molecular weight excluding hydrogens is 288 g/mol. The number of ether oxygens (including phenoxy) is 1. The molecule has 1 aromatic carbocycles. The van der Waals surface area contributed by atoms with Crippen LogP contribution >= 0.6 is 0 Å². The van der Waals surface area contributed by atoms with Crippen LogP contribution in [0.1, 0.15) is 31.2 Å². The number of nitrogens with zero attached hydrogens (tertiary/aromatic N) is 2. The van der Waals surface area contributed by atoms with Gasteiger partial charge in [-0.25, -0.2) is 0 Å². The van der Waals surface area contributed by atoms with Crippen molar-refractivity contribution < 1.29 is 9.53 Å². The quantitative estimate of drug-likeness (QED) is 0.841. The first-order chi connectivity index (χ1) is 11.3. The fourth-order valence-electron chi connectivity index (χ4n) is 4.00. The second kappa shape index (κ2) is 6.36. The Kier molecular flexibility index (Phi) is 4.08.